The van der Waals surface area contributed by atoms with Crippen LogP contribution >= 0.6 is 12.6 Å². The Morgan fingerprint density at radius 2 is 2.18 bits per heavy atom. The number of nitrogens with zero attached hydrogens (tertiary/aromatic N) is 1. The smallest absolute Gasteiger partial charge is 0.261 e. The van der Waals surface area contributed by atoms with Crippen LogP contribution in [0.3, 0.4) is 0 Å². The van der Waals surface area contributed by atoms with Gasteiger partial charge in [0.25, 0.3) is 5.56 Å². The number of H-pyrrole nitrogens is 1. The van der Waals surface area contributed by atoms with Crippen LogP contribution in [0.15, 0.2) is 10.9 Å². The second kappa shape index (κ2) is 5.85. The van der Waals surface area contributed by atoms with Gasteiger partial charge in [0.15, 0.2) is 11.6 Å². The average Bonchev–Trinajstić information content (AvgIpc) is 2.46. The number of anilines is 1. The summed E-state index contributed by atoms with van der Waals surface area (Å²) in [6, 6.07) is 1.37. The molecule has 0 unspecified atom stereocenters. The highest BCUT2D eigenvalue weighted by atomic mass is 32.1. The van der Waals surface area contributed by atoms with Gasteiger partial charge in [0, 0.05) is 18.9 Å². The lowest BCUT2D eigenvalue weighted by atomic mass is 9.89. The summed E-state index contributed by atoms with van der Waals surface area (Å²) >= 11 is 4.03. The number of benzene rings is 1. The Kier molecular flexibility index (Phi) is 4.05. The number of fused-ring (bicyclic) bond motifs is 1. The quantitative estimate of drug-likeness (QED) is 0.753. The standard InChI is InChI=1S/C14H15F2N3O2S/c1-21-7-2-6(3-7)17-9-4-8-11(13(16)12(9)15)14(20)19-10(5-22)18-8/h4,6-7,17,22H,2-3,5H2,1H3,(H,18,19,20). The third-order valence-electron chi connectivity index (χ3n) is 3.86. The molecular weight excluding hydrogens is 312 g/mol. The van der Waals surface area contributed by atoms with Gasteiger partial charge in [-0.2, -0.15) is 12.6 Å². The first kappa shape index (κ1) is 15.2. The monoisotopic (exact) mass is 327 g/mol. The van der Waals surface area contributed by atoms with Crippen LogP contribution in [-0.2, 0) is 10.5 Å². The van der Waals surface area contributed by atoms with Crippen molar-refractivity contribution < 1.29 is 13.5 Å². The van der Waals surface area contributed by atoms with Crippen molar-refractivity contribution in [2.75, 3.05) is 12.4 Å². The summed E-state index contributed by atoms with van der Waals surface area (Å²) in [5.41, 5.74) is -0.593. The van der Waals surface area contributed by atoms with Crippen molar-refractivity contribution in [1.29, 1.82) is 0 Å². The minimum atomic E-state index is -1.19. The lowest BCUT2D eigenvalue weighted by Crippen LogP contribution is -2.40. The number of aromatic nitrogens is 2. The van der Waals surface area contributed by atoms with Crippen LogP contribution in [0.1, 0.15) is 18.7 Å². The molecule has 2 aromatic rings. The van der Waals surface area contributed by atoms with Crippen molar-refractivity contribution in [1.82, 2.24) is 9.97 Å². The zero-order chi connectivity index (χ0) is 15.9. The fraction of sp³-hybridized carbons (Fsp3) is 0.429. The Morgan fingerprint density at radius 1 is 1.45 bits per heavy atom. The van der Waals surface area contributed by atoms with E-state index in [4.69, 9.17) is 4.74 Å². The molecular formula is C14H15F2N3O2S. The van der Waals surface area contributed by atoms with Crippen molar-refractivity contribution in [3.8, 4) is 0 Å². The Labute approximate surface area is 130 Å². The van der Waals surface area contributed by atoms with Gasteiger partial charge in [0.2, 0.25) is 0 Å². The third kappa shape index (κ3) is 2.56. The van der Waals surface area contributed by atoms with E-state index in [-0.39, 0.29) is 34.5 Å². The molecule has 5 nitrogen and oxygen atoms in total. The topological polar surface area (TPSA) is 67.0 Å². The lowest BCUT2D eigenvalue weighted by molar-refractivity contribution is 0.0328. The first-order chi connectivity index (χ1) is 10.5. The molecule has 3 rings (SSSR count). The second-order valence-corrected chi connectivity index (χ2v) is 5.60. The van der Waals surface area contributed by atoms with Crippen molar-refractivity contribution >= 4 is 29.2 Å². The van der Waals surface area contributed by atoms with E-state index in [1.165, 1.54) is 6.07 Å². The lowest BCUT2D eigenvalue weighted by Gasteiger charge is -2.35. The van der Waals surface area contributed by atoms with Gasteiger partial charge in [-0.05, 0) is 18.9 Å². The maximum atomic E-state index is 14.2. The van der Waals surface area contributed by atoms with Crippen LogP contribution in [0.2, 0.25) is 0 Å². The Hall–Kier alpha value is -1.67. The number of nitrogens with one attached hydrogen (secondary N) is 2. The Balaban J connectivity index is 2.01. The predicted octanol–water partition coefficient (Wildman–Crippen LogP) is 2.22. The SMILES string of the molecule is COC1CC(Nc2cc3nc(CS)[nH]c(=O)c3c(F)c2F)C1. The summed E-state index contributed by atoms with van der Waals surface area (Å²) in [6.45, 7) is 0. The zero-order valence-electron chi connectivity index (χ0n) is 11.8. The number of halogens is 2. The fourth-order valence-corrected chi connectivity index (χ4v) is 2.71. The number of thiol groups is 1. The van der Waals surface area contributed by atoms with Crippen LogP contribution in [-0.4, -0.2) is 29.2 Å². The summed E-state index contributed by atoms with van der Waals surface area (Å²) in [6.07, 6.45) is 1.59. The molecule has 0 spiro atoms. The van der Waals surface area contributed by atoms with Crippen molar-refractivity contribution in [2.24, 2.45) is 0 Å². The fourth-order valence-electron chi connectivity index (χ4n) is 2.56. The van der Waals surface area contributed by atoms with Gasteiger partial charge in [0.1, 0.15) is 11.2 Å². The molecule has 1 aromatic carbocycles. The van der Waals surface area contributed by atoms with Crippen LogP contribution in [0, 0.1) is 11.6 Å². The molecule has 0 atom stereocenters. The zero-order valence-corrected chi connectivity index (χ0v) is 12.7. The van der Waals surface area contributed by atoms with Crippen LogP contribution in [0.25, 0.3) is 10.9 Å². The van der Waals surface area contributed by atoms with E-state index in [1.807, 2.05) is 0 Å². The average molecular weight is 327 g/mol. The van der Waals surface area contributed by atoms with Gasteiger partial charge in [0.05, 0.1) is 17.3 Å². The van der Waals surface area contributed by atoms with E-state index in [1.54, 1.807) is 7.11 Å². The molecule has 22 heavy (non-hydrogen) atoms. The van der Waals surface area contributed by atoms with E-state index in [2.05, 4.69) is 27.9 Å². The van der Waals surface area contributed by atoms with E-state index in [0.29, 0.717) is 5.82 Å². The van der Waals surface area contributed by atoms with Crippen molar-refractivity contribution in [3.63, 3.8) is 0 Å². The molecule has 1 aromatic heterocycles. The summed E-state index contributed by atoms with van der Waals surface area (Å²) in [5, 5.41) is 2.56. The number of ether oxygens (including phenoxy) is 1. The van der Waals surface area contributed by atoms with Gasteiger partial charge in [-0.3, -0.25) is 4.79 Å². The molecule has 0 bridgehead atoms. The third-order valence-corrected chi connectivity index (χ3v) is 4.16. The molecule has 1 aliphatic rings. The number of aromatic amines is 1. The normalized spacial score (nSPS) is 20.9. The van der Waals surface area contributed by atoms with Gasteiger partial charge >= 0.3 is 0 Å². The molecule has 2 N–H and O–H groups in total. The largest absolute Gasteiger partial charge is 0.381 e. The Morgan fingerprint density at radius 3 is 2.82 bits per heavy atom. The summed E-state index contributed by atoms with van der Waals surface area (Å²) < 4.78 is 33.4. The summed E-state index contributed by atoms with van der Waals surface area (Å²) in [7, 11) is 1.62. The van der Waals surface area contributed by atoms with Gasteiger partial charge in [-0.15, -0.1) is 0 Å². The van der Waals surface area contributed by atoms with Crippen molar-refractivity contribution in [2.45, 2.75) is 30.7 Å². The second-order valence-electron chi connectivity index (χ2n) is 5.29. The van der Waals surface area contributed by atoms with Gasteiger partial charge in [-0.25, -0.2) is 13.8 Å². The van der Waals surface area contributed by atoms with E-state index >= 15 is 0 Å². The van der Waals surface area contributed by atoms with Crippen LogP contribution in [0.4, 0.5) is 14.5 Å². The minimum absolute atomic E-state index is 0.00719. The summed E-state index contributed by atoms with van der Waals surface area (Å²) in [5.74, 6) is -1.76. The Bertz CT molecular complexity index is 775. The number of hydrogen-bond acceptors (Lipinski definition) is 5. The molecule has 0 radical (unpaired) electrons. The molecule has 8 heteroatoms. The van der Waals surface area contributed by atoms with E-state index < -0.39 is 17.2 Å². The molecule has 1 heterocycles. The molecule has 1 aliphatic carbocycles. The number of hydrogen-bond donors (Lipinski definition) is 3. The number of rotatable bonds is 4. The van der Waals surface area contributed by atoms with Crippen LogP contribution in [0.5, 0.6) is 0 Å². The molecule has 1 fully saturated rings. The highest BCUT2D eigenvalue weighted by Gasteiger charge is 2.30. The van der Waals surface area contributed by atoms with Gasteiger partial charge in [-0.1, -0.05) is 0 Å². The molecule has 118 valence electrons. The van der Waals surface area contributed by atoms with Crippen LogP contribution < -0.4 is 10.9 Å². The first-order valence-corrected chi connectivity index (χ1v) is 7.47. The maximum absolute atomic E-state index is 14.2. The summed E-state index contributed by atoms with van der Waals surface area (Å²) in [4.78, 5) is 18.3. The maximum Gasteiger partial charge on any atom is 0.261 e. The highest BCUT2D eigenvalue weighted by Crippen LogP contribution is 2.30. The molecule has 1 saturated carbocycles. The van der Waals surface area contributed by atoms with Crippen molar-refractivity contribution in [3.05, 3.63) is 33.9 Å². The predicted molar refractivity (Wildman–Crippen MR) is 82.4 cm³/mol. The minimum Gasteiger partial charge on any atom is -0.381 e. The van der Waals surface area contributed by atoms with Gasteiger partial charge < -0.3 is 15.0 Å². The molecule has 0 amide bonds. The van der Waals surface area contributed by atoms with E-state index in [9.17, 15) is 13.6 Å². The first-order valence-electron chi connectivity index (χ1n) is 6.84. The number of methoxy groups -OCH3 is 1. The van der Waals surface area contributed by atoms with E-state index in [0.717, 1.165) is 12.8 Å². The molecule has 0 saturated heterocycles. The molecule has 0 aliphatic heterocycles. The highest BCUT2D eigenvalue weighted by molar-refractivity contribution is 7.79.